The van der Waals surface area contributed by atoms with Crippen LogP contribution in [0.25, 0.3) is 17.0 Å². The summed E-state index contributed by atoms with van der Waals surface area (Å²) in [6.45, 7) is 0.385. The maximum atomic E-state index is 12.4. The van der Waals surface area contributed by atoms with E-state index < -0.39 is 5.91 Å². The van der Waals surface area contributed by atoms with Crippen LogP contribution in [0.15, 0.2) is 66.4 Å². The lowest BCUT2D eigenvalue weighted by Crippen LogP contribution is -2.23. The Kier molecular flexibility index (Phi) is 5.87. The summed E-state index contributed by atoms with van der Waals surface area (Å²) < 4.78 is 6.48. The highest BCUT2D eigenvalue weighted by Gasteiger charge is 2.13. The van der Waals surface area contributed by atoms with Gasteiger partial charge in [0.15, 0.2) is 0 Å². The third kappa shape index (κ3) is 4.27. The van der Waals surface area contributed by atoms with E-state index in [1.807, 2.05) is 60.7 Å². The van der Waals surface area contributed by atoms with Crippen LogP contribution in [0.4, 0.5) is 0 Å². The first-order valence-corrected chi connectivity index (χ1v) is 8.71. The molecular formula is C22H19N3O3. The highest BCUT2D eigenvalue weighted by atomic mass is 16.5. The number of nitrogens with zero attached hydrogens (tertiary/aromatic N) is 2. The van der Waals surface area contributed by atoms with Gasteiger partial charge in [-0.05, 0) is 17.7 Å². The van der Waals surface area contributed by atoms with Crippen molar-refractivity contribution in [3.8, 4) is 6.07 Å². The van der Waals surface area contributed by atoms with Crippen molar-refractivity contribution in [1.82, 2.24) is 9.88 Å². The lowest BCUT2D eigenvalue weighted by molar-refractivity contribution is -0.141. The summed E-state index contributed by atoms with van der Waals surface area (Å²) in [5.41, 5.74) is 2.45. The minimum atomic E-state index is -0.448. The number of nitrogens with one attached hydrogen (secondary N) is 1. The molecule has 0 spiro atoms. The fourth-order valence-electron chi connectivity index (χ4n) is 2.90. The van der Waals surface area contributed by atoms with Gasteiger partial charge in [0.2, 0.25) is 0 Å². The molecule has 0 aliphatic heterocycles. The van der Waals surface area contributed by atoms with Gasteiger partial charge in [-0.15, -0.1) is 0 Å². The Labute approximate surface area is 162 Å². The first kappa shape index (κ1) is 18.9. The van der Waals surface area contributed by atoms with Crippen LogP contribution < -0.4 is 5.32 Å². The number of aromatic nitrogens is 1. The van der Waals surface area contributed by atoms with E-state index in [0.29, 0.717) is 12.1 Å². The fraction of sp³-hybridized carbons (Fsp3) is 0.136. The van der Waals surface area contributed by atoms with Crippen molar-refractivity contribution in [3.63, 3.8) is 0 Å². The van der Waals surface area contributed by atoms with Gasteiger partial charge in [0, 0.05) is 29.2 Å². The second kappa shape index (κ2) is 8.69. The van der Waals surface area contributed by atoms with Gasteiger partial charge in [-0.3, -0.25) is 9.59 Å². The topological polar surface area (TPSA) is 84.1 Å². The summed E-state index contributed by atoms with van der Waals surface area (Å²) in [5.74, 6) is -0.825. The van der Waals surface area contributed by atoms with Crippen molar-refractivity contribution in [3.05, 3.63) is 77.5 Å². The largest absolute Gasteiger partial charge is 0.468 e. The molecule has 0 bridgehead atoms. The average molecular weight is 373 g/mol. The minimum absolute atomic E-state index is 0.00287. The molecule has 1 amide bonds. The minimum Gasteiger partial charge on any atom is -0.468 e. The number of carbonyl (C=O) groups excluding carboxylic acids is 2. The quantitative estimate of drug-likeness (QED) is 0.409. The molecule has 0 radical (unpaired) electrons. The van der Waals surface area contributed by atoms with Crippen LogP contribution in [0.2, 0.25) is 0 Å². The number of amides is 1. The number of hydrogen-bond acceptors (Lipinski definition) is 4. The zero-order chi connectivity index (χ0) is 19.9. The van der Waals surface area contributed by atoms with Crippen molar-refractivity contribution in [2.75, 3.05) is 7.11 Å². The molecule has 1 N–H and O–H groups in total. The van der Waals surface area contributed by atoms with Crippen molar-refractivity contribution in [1.29, 1.82) is 5.26 Å². The molecule has 0 aliphatic rings. The van der Waals surface area contributed by atoms with Crippen LogP contribution in [0.1, 0.15) is 11.1 Å². The molecule has 1 aromatic heterocycles. The van der Waals surface area contributed by atoms with Crippen molar-refractivity contribution in [2.45, 2.75) is 13.1 Å². The number of hydrogen-bond donors (Lipinski definition) is 1. The zero-order valence-corrected chi connectivity index (χ0v) is 15.4. The van der Waals surface area contributed by atoms with Crippen LogP contribution in [-0.2, 0) is 27.4 Å². The molecule has 3 aromatic rings. The maximum Gasteiger partial charge on any atom is 0.325 e. The highest BCUT2D eigenvalue weighted by Crippen LogP contribution is 2.23. The normalized spacial score (nSPS) is 11.1. The number of methoxy groups -OCH3 is 1. The van der Waals surface area contributed by atoms with Gasteiger partial charge in [0.05, 0.1) is 7.11 Å². The van der Waals surface area contributed by atoms with E-state index in [2.05, 4.69) is 5.32 Å². The summed E-state index contributed by atoms with van der Waals surface area (Å²) in [6.07, 6.45) is 3.28. The molecule has 0 saturated heterocycles. The summed E-state index contributed by atoms with van der Waals surface area (Å²) in [5, 5.41) is 13.1. The Morgan fingerprint density at radius 2 is 1.86 bits per heavy atom. The first-order valence-electron chi connectivity index (χ1n) is 8.71. The number of benzene rings is 2. The van der Waals surface area contributed by atoms with Gasteiger partial charge >= 0.3 is 5.97 Å². The molecule has 6 heteroatoms. The van der Waals surface area contributed by atoms with Crippen molar-refractivity contribution in [2.24, 2.45) is 0 Å². The molecule has 2 aromatic carbocycles. The Morgan fingerprint density at radius 3 is 2.57 bits per heavy atom. The standard InChI is InChI=1S/C22H19N3O3/c1-28-21(26)15-25-14-18(19-9-5-6-10-20(19)25)11-17(12-23)22(27)24-13-16-7-3-2-4-8-16/h2-11,14H,13,15H2,1H3,(H,24,27). The lowest BCUT2D eigenvalue weighted by atomic mass is 10.1. The smallest absolute Gasteiger partial charge is 0.325 e. The van der Waals surface area contributed by atoms with Gasteiger partial charge in [0.1, 0.15) is 18.2 Å². The summed E-state index contributed by atoms with van der Waals surface area (Å²) >= 11 is 0. The van der Waals surface area contributed by atoms with E-state index in [-0.39, 0.29) is 18.1 Å². The average Bonchev–Trinajstić information content (AvgIpc) is 3.08. The van der Waals surface area contributed by atoms with Crippen molar-refractivity contribution >= 4 is 28.9 Å². The number of rotatable bonds is 6. The summed E-state index contributed by atoms with van der Waals surface area (Å²) in [6, 6.07) is 18.9. The van der Waals surface area contributed by atoms with Gasteiger partial charge in [0.25, 0.3) is 5.91 Å². The number of nitriles is 1. The fourth-order valence-corrected chi connectivity index (χ4v) is 2.90. The SMILES string of the molecule is COC(=O)Cn1cc(C=C(C#N)C(=O)NCc2ccccc2)c2ccccc21. The highest BCUT2D eigenvalue weighted by molar-refractivity contribution is 6.04. The molecule has 0 aliphatic carbocycles. The van der Waals surface area contributed by atoms with Gasteiger partial charge in [-0.1, -0.05) is 48.5 Å². The van der Waals surface area contributed by atoms with E-state index in [9.17, 15) is 14.9 Å². The Balaban J connectivity index is 1.87. The van der Waals surface area contributed by atoms with E-state index in [0.717, 1.165) is 16.5 Å². The van der Waals surface area contributed by atoms with Gasteiger partial charge in [-0.2, -0.15) is 5.26 Å². The number of para-hydroxylation sites is 1. The second-order valence-corrected chi connectivity index (χ2v) is 6.14. The molecule has 0 unspecified atom stereocenters. The molecule has 0 atom stereocenters. The Morgan fingerprint density at radius 1 is 1.14 bits per heavy atom. The van der Waals surface area contributed by atoms with Crippen LogP contribution in [0, 0.1) is 11.3 Å². The van der Waals surface area contributed by atoms with E-state index in [1.54, 1.807) is 10.8 Å². The molecular weight excluding hydrogens is 354 g/mol. The number of fused-ring (bicyclic) bond motifs is 1. The first-order chi connectivity index (χ1) is 13.6. The van der Waals surface area contributed by atoms with Crippen LogP contribution in [0.5, 0.6) is 0 Å². The molecule has 6 nitrogen and oxygen atoms in total. The second-order valence-electron chi connectivity index (χ2n) is 6.14. The zero-order valence-electron chi connectivity index (χ0n) is 15.4. The monoisotopic (exact) mass is 373 g/mol. The van der Waals surface area contributed by atoms with Crippen LogP contribution in [0.3, 0.4) is 0 Å². The van der Waals surface area contributed by atoms with Gasteiger partial charge in [-0.25, -0.2) is 0 Å². The van der Waals surface area contributed by atoms with Crippen LogP contribution >= 0.6 is 0 Å². The van der Waals surface area contributed by atoms with E-state index in [4.69, 9.17) is 4.74 Å². The predicted molar refractivity (Wildman–Crippen MR) is 106 cm³/mol. The van der Waals surface area contributed by atoms with Crippen molar-refractivity contribution < 1.29 is 14.3 Å². The molecule has 0 saturated carbocycles. The van der Waals surface area contributed by atoms with Crippen LogP contribution in [-0.4, -0.2) is 23.6 Å². The molecule has 3 rings (SSSR count). The summed E-state index contributed by atoms with van der Waals surface area (Å²) in [7, 11) is 1.33. The maximum absolute atomic E-state index is 12.4. The Bertz CT molecular complexity index is 1080. The molecule has 140 valence electrons. The number of ether oxygens (including phenoxy) is 1. The molecule has 28 heavy (non-hydrogen) atoms. The van der Waals surface area contributed by atoms with E-state index in [1.165, 1.54) is 13.2 Å². The van der Waals surface area contributed by atoms with Gasteiger partial charge < -0.3 is 14.6 Å². The molecule has 1 heterocycles. The lowest BCUT2D eigenvalue weighted by Gasteiger charge is -2.04. The van der Waals surface area contributed by atoms with E-state index >= 15 is 0 Å². The Hall–Kier alpha value is -3.85. The third-order valence-electron chi connectivity index (χ3n) is 4.31. The third-order valence-corrected chi connectivity index (χ3v) is 4.31. The number of esters is 1. The molecule has 0 fully saturated rings. The summed E-state index contributed by atoms with van der Waals surface area (Å²) in [4.78, 5) is 24.1. The predicted octanol–water partition coefficient (Wildman–Crippen LogP) is 3.04. The number of carbonyl (C=O) groups is 2.